The van der Waals surface area contributed by atoms with Crippen LogP contribution in [0, 0.1) is 0 Å². The Bertz CT molecular complexity index is 887. The van der Waals surface area contributed by atoms with Gasteiger partial charge in [-0.1, -0.05) is 38.1 Å². The van der Waals surface area contributed by atoms with Crippen molar-refractivity contribution >= 4 is 12.1 Å². The molecule has 3 rings (SSSR count). The highest BCUT2D eigenvalue weighted by Gasteiger charge is 2.11. The Kier molecular flexibility index (Phi) is 4.79. The van der Waals surface area contributed by atoms with Gasteiger partial charge in [0.2, 0.25) is 0 Å². The van der Waals surface area contributed by atoms with Gasteiger partial charge in [-0.25, -0.2) is 5.43 Å². The number of aromatic amines is 1. The van der Waals surface area contributed by atoms with E-state index in [1.165, 1.54) is 5.56 Å². The highest BCUT2D eigenvalue weighted by Crippen LogP contribution is 2.17. The van der Waals surface area contributed by atoms with Crippen molar-refractivity contribution in [2.24, 2.45) is 12.1 Å². The van der Waals surface area contributed by atoms with E-state index < -0.39 is 0 Å². The number of hydrazone groups is 1. The maximum Gasteiger partial charge on any atom is 0.289 e. The number of aromatic nitrogens is 3. The molecule has 0 fully saturated rings. The molecule has 0 aliphatic carbocycles. The Hall–Kier alpha value is -3.15. The fourth-order valence-electron chi connectivity index (χ4n) is 2.49. The highest BCUT2D eigenvalue weighted by molar-refractivity contribution is 5.94. The number of nitrogens with zero attached hydrogens (tertiary/aromatic N) is 3. The summed E-state index contributed by atoms with van der Waals surface area (Å²) in [4.78, 5) is 12.1. The number of hydrogen-bond donors (Lipinski definition) is 2. The van der Waals surface area contributed by atoms with Crippen molar-refractivity contribution in [1.82, 2.24) is 20.2 Å². The smallest absolute Gasteiger partial charge is 0.289 e. The van der Waals surface area contributed by atoms with E-state index in [2.05, 4.69) is 46.7 Å². The van der Waals surface area contributed by atoms with Crippen LogP contribution in [0.4, 0.5) is 0 Å². The fraction of sp³-hybridized carbons (Fsp3) is 0.211. The third-order valence-electron chi connectivity index (χ3n) is 4.01. The normalized spacial score (nSPS) is 11.4. The van der Waals surface area contributed by atoms with E-state index in [1.807, 2.05) is 42.1 Å². The lowest BCUT2D eigenvalue weighted by molar-refractivity contribution is 0.0950. The van der Waals surface area contributed by atoms with Crippen molar-refractivity contribution in [3.8, 4) is 11.4 Å². The average molecular weight is 335 g/mol. The van der Waals surface area contributed by atoms with Crippen LogP contribution in [0.2, 0.25) is 0 Å². The number of rotatable bonds is 5. The van der Waals surface area contributed by atoms with E-state index in [4.69, 9.17) is 0 Å². The van der Waals surface area contributed by atoms with Crippen LogP contribution in [0.5, 0.6) is 0 Å². The van der Waals surface area contributed by atoms with Gasteiger partial charge in [0.25, 0.3) is 5.91 Å². The molecule has 0 saturated heterocycles. The molecule has 128 valence electrons. The monoisotopic (exact) mass is 335 g/mol. The molecule has 1 amide bonds. The predicted octanol–water partition coefficient (Wildman–Crippen LogP) is 3.30. The summed E-state index contributed by atoms with van der Waals surface area (Å²) in [5.41, 5.74) is 6.72. The van der Waals surface area contributed by atoms with Gasteiger partial charge in [-0.2, -0.15) is 10.2 Å². The van der Waals surface area contributed by atoms with Crippen molar-refractivity contribution in [3.63, 3.8) is 0 Å². The molecule has 0 bridgehead atoms. The maximum atomic E-state index is 12.1. The van der Waals surface area contributed by atoms with Gasteiger partial charge in [0.1, 0.15) is 11.4 Å². The van der Waals surface area contributed by atoms with Gasteiger partial charge in [0.15, 0.2) is 0 Å². The minimum absolute atomic E-state index is 0.331. The number of hydrogen-bond acceptors (Lipinski definition) is 3. The zero-order valence-corrected chi connectivity index (χ0v) is 14.5. The molecular formula is C19H21N5O. The van der Waals surface area contributed by atoms with Crippen molar-refractivity contribution in [1.29, 1.82) is 0 Å². The molecule has 6 heteroatoms. The van der Waals surface area contributed by atoms with Gasteiger partial charge < -0.3 is 4.57 Å². The summed E-state index contributed by atoms with van der Waals surface area (Å²) in [6, 6.07) is 13.7. The van der Waals surface area contributed by atoms with Gasteiger partial charge >= 0.3 is 0 Å². The number of carbonyl (C=O) groups is 1. The first-order valence-corrected chi connectivity index (χ1v) is 8.15. The number of aryl methyl sites for hydroxylation is 1. The second-order valence-electron chi connectivity index (χ2n) is 6.19. The van der Waals surface area contributed by atoms with Crippen LogP contribution in [0.15, 0.2) is 53.8 Å². The van der Waals surface area contributed by atoms with E-state index in [0.29, 0.717) is 17.3 Å². The maximum absolute atomic E-state index is 12.1. The first kappa shape index (κ1) is 16.7. The Balaban J connectivity index is 1.63. The Morgan fingerprint density at radius 1 is 1.28 bits per heavy atom. The summed E-state index contributed by atoms with van der Waals surface area (Å²) in [6.07, 6.45) is 3.55. The number of amides is 1. The molecular weight excluding hydrogens is 314 g/mol. The molecule has 6 nitrogen and oxygen atoms in total. The third kappa shape index (κ3) is 3.85. The fourth-order valence-corrected chi connectivity index (χ4v) is 2.49. The average Bonchev–Trinajstić information content (AvgIpc) is 3.24. The van der Waals surface area contributed by atoms with Crippen LogP contribution < -0.4 is 5.43 Å². The van der Waals surface area contributed by atoms with Crippen LogP contribution in [-0.2, 0) is 7.05 Å². The lowest BCUT2D eigenvalue weighted by Crippen LogP contribution is -2.18. The molecule has 0 radical (unpaired) electrons. The summed E-state index contributed by atoms with van der Waals surface area (Å²) in [6.45, 7) is 4.30. The molecule has 3 aromatic rings. The van der Waals surface area contributed by atoms with Gasteiger partial charge in [-0.05, 0) is 35.2 Å². The van der Waals surface area contributed by atoms with Crippen molar-refractivity contribution in [2.75, 3.05) is 0 Å². The molecule has 2 N–H and O–H groups in total. The summed E-state index contributed by atoms with van der Waals surface area (Å²) in [5, 5.41) is 10.9. The minimum atomic E-state index is -0.331. The van der Waals surface area contributed by atoms with Gasteiger partial charge in [-0.15, -0.1) is 0 Å². The minimum Gasteiger partial charge on any atom is -0.349 e. The highest BCUT2D eigenvalue weighted by atomic mass is 16.2. The molecule has 1 aromatic carbocycles. The van der Waals surface area contributed by atoms with E-state index in [1.54, 1.807) is 12.3 Å². The van der Waals surface area contributed by atoms with E-state index in [9.17, 15) is 4.79 Å². The third-order valence-corrected chi connectivity index (χ3v) is 4.01. The number of H-pyrrole nitrogens is 1. The molecule has 0 saturated carbocycles. The molecule has 0 aliphatic rings. The molecule has 25 heavy (non-hydrogen) atoms. The van der Waals surface area contributed by atoms with Crippen LogP contribution in [-0.4, -0.2) is 26.9 Å². The molecule has 2 aromatic heterocycles. The van der Waals surface area contributed by atoms with Gasteiger partial charge in [0.05, 0.1) is 11.9 Å². The van der Waals surface area contributed by atoms with Crippen molar-refractivity contribution in [2.45, 2.75) is 19.8 Å². The van der Waals surface area contributed by atoms with Gasteiger partial charge in [-0.3, -0.25) is 9.89 Å². The summed E-state index contributed by atoms with van der Waals surface area (Å²) in [5.74, 6) is 0.160. The number of carbonyl (C=O) groups excluding carboxylic acids is 1. The molecule has 2 heterocycles. The van der Waals surface area contributed by atoms with Crippen LogP contribution in [0.1, 0.15) is 41.4 Å². The molecule has 0 aliphatic heterocycles. The first-order valence-electron chi connectivity index (χ1n) is 8.15. The topological polar surface area (TPSA) is 75.1 Å². The standard InChI is InChI=1S/C19H21N5O/c1-13(2)15-8-6-14(7-9-15)12-20-23-19(25)17-11-16(21-22-17)18-5-4-10-24(18)3/h4-13H,1-3H3,(H,21,22)(H,23,25)/b20-12-. The Morgan fingerprint density at radius 3 is 2.68 bits per heavy atom. The van der Waals surface area contributed by atoms with Crippen LogP contribution in [0.25, 0.3) is 11.4 Å². The Morgan fingerprint density at radius 2 is 2.04 bits per heavy atom. The second-order valence-corrected chi connectivity index (χ2v) is 6.19. The zero-order valence-electron chi connectivity index (χ0n) is 14.5. The lowest BCUT2D eigenvalue weighted by atomic mass is 10.0. The van der Waals surface area contributed by atoms with Crippen molar-refractivity contribution < 1.29 is 4.79 Å². The number of benzene rings is 1. The van der Waals surface area contributed by atoms with Gasteiger partial charge in [0, 0.05) is 13.2 Å². The number of nitrogens with one attached hydrogen (secondary N) is 2. The van der Waals surface area contributed by atoms with Crippen LogP contribution in [0.3, 0.4) is 0 Å². The molecule has 0 atom stereocenters. The van der Waals surface area contributed by atoms with E-state index in [0.717, 1.165) is 11.3 Å². The predicted molar refractivity (Wildman–Crippen MR) is 98.6 cm³/mol. The first-order chi connectivity index (χ1) is 12.0. The quantitative estimate of drug-likeness (QED) is 0.554. The summed E-state index contributed by atoms with van der Waals surface area (Å²) < 4.78 is 1.94. The largest absolute Gasteiger partial charge is 0.349 e. The Labute approximate surface area is 146 Å². The van der Waals surface area contributed by atoms with Crippen molar-refractivity contribution in [3.05, 3.63) is 65.5 Å². The van der Waals surface area contributed by atoms with Crippen LogP contribution >= 0.6 is 0 Å². The molecule has 0 spiro atoms. The summed E-state index contributed by atoms with van der Waals surface area (Å²) >= 11 is 0. The lowest BCUT2D eigenvalue weighted by Gasteiger charge is -2.04. The van der Waals surface area contributed by atoms with E-state index >= 15 is 0 Å². The molecule has 0 unspecified atom stereocenters. The summed E-state index contributed by atoms with van der Waals surface area (Å²) in [7, 11) is 1.93. The zero-order chi connectivity index (χ0) is 17.8. The SMILES string of the molecule is CC(C)c1ccc(/C=N\NC(=O)c2cc(-c3cccn3C)n[nH]2)cc1. The second kappa shape index (κ2) is 7.17. The van der Waals surface area contributed by atoms with E-state index in [-0.39, 0.29) is 5.91 Å².